The minimum Gasteiger partial charge on any atom is -0.454 e. The number of methoxy groups -OCH3 is 2. The Morgan fingerprint density at radius 1 is 1.12 bits per heavy atom. The normalized spacial score (nSPS) is 12.3. The number of hydrogen-bond donors (Lipinski definition) is 2. The van der Waals surface area contributed by atoms with Gasteiger partial charge in [0.1, 0.15) is 0 Å². The Morgan fingerprint density at radius 3 is 2.48 bits per heavy atom. The molecule has 2 N–H and O–H groups in total. The lowest BCUT2D eigenvalue weighted by atomic mass is 10.3. The Labute approximate surface area is 146 Å². The number of carbonyl (C=O) groups excluding carboxylic acids is 2. The fourth-order valence-corrected chi connectivity index (χ4v) is 2.22. The van der Waals surface area contributed by atoms with E-state index in [4.69, 9.17) is 18.9 Å². The molecule has 9 heteroatoms. The quantitative estimate of drug-likeness (QED) is 0.673. The van der Waals surface area contributed by atoms with Gasteiger partial charge in [-0.1, -0.05) is 0 Å². The third kappa shape index (κ3) is 6.22. The van der Waals surface area contributed by atoms with Crippen LogP contribution >= 0.6 is 0 Å². The molecule has 0 aromatic heterocycles. The van der Waals surface area contributed by atoms with Gasteiger partial charge in [-0.3, -0.25) is 15.0 Å². The van der Waals surface area contributed by atoms with Gasteiger partial charge in [-0.2, -0.15) is 0 Å². The topological polar surface area (TPSA) is 98.4 Å². The molecule has 0 saturated heterocycles. The summed E-state index contributed by atoms with van der Waals surface area (Å²) < 4.78 is 20.5. The molecule has 1 aliphatic rings. The van der Waals surface area contributed by atoms with Gasteiger partial charge in [0, 0.05) is 39.1 Å². The van der Waals surface area contributed by atoms with Crippen LogP contribution in [0, 0.1) is 0 Å². The van der Waals surface area contributed by atoms with E-state index in [1.807, 2.05) is 4.90 Å². The number of ether oxygens (including phenoxy) is 4. The molecular weight excluding hydrogens is 330 g/mol. The highest BCUT2D eigenvalue weighted by atomic mass is 16.7. The predicted molar refractivity (Wildman–Crippen MR) is 89.9 cm³/mol. The van der Waals surface area contributed by atoms with E-state index in [9.17, 15) is 9.59 Å². The van der Waals surface area contributed by atoms with Crippen LogP contribution in [0.3, 0.4) is 0 Å². The number of fused-ring (bicyclic) bond motifs is 1. The SMILES string of the molecule is COCCN(CCOC)CC(=O)NC(=O)Nc1ccc2c(c1)OCO2. The van der Waals surface area contributed by atoms with Gasteiger partial charge < -0.3 is 24.3 Å². The molecule has 1 aromatic carbocycles. The van der Waals surface area contributed by atoms with Gasteiger partial charge in [0.25, 0.3) is 0 Å². The largest absolute Gasteiger partial charge is 0.454 e. The first-order valence-corrected chi connectivity index (χ1v) is 7.83. The number of hydrogen-bond acceptors (Lipinski definition) is 7. The summed E-state index contributed by atoms with van der Waals surface area (Å²) in [6.45, 7) is 2.33. The van der Waals surface area contributed by atoms with E-state index in [0.29, 0.717) is 43.5 Å². The van der Waals surface area contributed by atoms with Crippen LogP contribution < -0.4 is 20.1 Å². The summed E-state index contributed by atoms with van der Waals surface area (Å²) >= 11 is 0. The molecule has 138 valence electrons. The number of rotatable bonds is 9. The second-order valence-corrected chi connectivity index (χ2v) is 5.33. The molecule has 3 amide bonds. The average molecular weight is 353 g/mol. The maximum Gasteiger partial charge on any atom is 0.325 e. The highest BCUT2D eigenvalue weighted by molar-refractivity contribution is 6.01. The van der Waals surface area contributed by atoms with Gasteiger partial charge in [0.05, 0.1) is 19.8 Å². The zero-order chi connectivity index (χ0) is 18.1. The third-order valence-corrected chi connectivity index (χ3v) is 3.47. The summed E-state index contributed by atoms with van der Waals surface area (Å²) in [6, 6.07) is 4.38. The summed E-state index contributed by atoms with van der Waals surface area (Å²) in [7, 11) is 3.18. The fourth-order valence-electron chi connectivity index (χ4n) is 2.22. The smallest absolute Gasteiger partial charge is 0.325 e. The van der Waals surface area contributed by atoms with Crippen LogP contribution in [0.5, 0.6) is 11.5 Å². The van der Waals surface area contributed by atoms with Crippen LogP contribution in [-0.2, 0) is 14.3 Å². The Morgan fingerprint density at radius 2 is 1.80 bits per heavy atom. The summed E-state index contributed by atoms with van der Waals surface area (Å²) in [5, 5.41) is 4.88. The number of imide groups is 1. The number of amides is 3. The molecule has 0 bridgehead atoms. The van der Waals surface area contributed by atoms with E-state index in [-0.39, 0.29) is 13.3 Å². The molecule has 0 atom stereocenters. The van der Waals surface area contributed by atoms with E-state index < -0.39 is 11.9 Å². The van der Waals surface area contributed by atoms with Crippen molar-refractivity contribution in [3.8, 4) is 11.5 Å². The molecule has 25 heavy (non-hydrogen) atoms. The Bertz CT molecular complexity index is 587. The molecule has 0 aliphatic carbocycles. The number of carbonyl (C=O) groups is 2. The second kappa shape index (κ2) is 9.82. The molecule has 0 radical (unpaired) electrons. The molecule has 2 rings (SSSR count). The Kier molecular flexibility index (Phi) is 7.45. The highest BCUT2D eigenvalue weighted by Gasteiger charge is 2.16. The van der Waals surface area contributed by atoms with Gasteiger partial charge in [-0.15, -0.1) is 0 Å². The summed E-state index contributed by atoms with van der Waals surface area (Å²) in [6.07, 6.45) is 0. The van der Waals surface area contributed by atoms with E-state index in [2.05, 4.69) is 10.6 Å². The molecule has 1 aliphatic heterocycles. The van der Waals surface area contributed by atoms with Gasteiger partial charge in [0.2, 0.25) is 12.7 Å². The molecule has 0 unspecified atom stereocenters. The van der Waals surface area contributed by atoms with Crippen molar-refractivity contribution in [1.82, 2.24) is 10.2 Å². The molecule has 1 aromatic rings. The zero-order valence-electron chi connectivity index (χ0n) is 14.4. The van der Waals surface area contributed by atoms with Crippen molar-refractivity contribution in [2.75, 3.05) is 59.2 Å². The Hall–Kier alpha value is -2.36. The van der Waals surface area contributed by atoms with Gasteiger partial charge >= 0.3 is 6.03 Å². The van der Waals surface area contributed by atoms with Crippen molar-refractivity contribution in [3.05, 3.63) is 18.2 Å². The second-order valence-electron chi connectivity index (χ2n) is 5.33. The maximum atomic E-state index is 12.0. The van der Waals surface area contributed by atoms with Crippen LogP contribution in [-0.4, -0.2) is 70.7 Å². The summed E-state index contributed by atoms with van der Waals surface area (Å²) in [4.78, 5) is 25.8. The van der Waals surface area contributed by atoms with Gasteiger partial charge in [-0.25, -0.2) is 4.79 Å². The standard InChI is InChI=1S/C16H23N3O6/c1-22-7-5-19(6-8-23-2)10-15(20)18-16(21)17-12-3-4-13-14(9-12)25-11-24-13/h3-4,9H,5-8,10-11H2,1-2H3,(H2,17,18,20,21). The zero-order valence-corrected chi connectivity index (χ0v) is 14.4. The summed E-state index contributed by atoms with van der Waals surface area (Å²) in [5.41, 5.74) is 0.505. The lowest BCUT2D eigenvalue weighted by Crippen LogP contribution is -2.43. The average Bonchev–Trinajstić information content (AvgIpc) is 3.04. The van der Waals surface area contributed by atoms with Crippen LogP contribution in [0.2, 0.25) is 0 Å². The van der Waals surface area contributed by atoms with E-state index in [0.717, 1.165) is 0 Å². The number of anilines is 1. The lowest BCUT2D eigenvalue weighted by Gasteiger charge is -2.20. The van der Waals surface area contributed by atoms with Crippen LogP contribution in [0.1, 0.15) is 0 Å². The van der Waals surface area contributed by atoms with Gasteiger partial charge in [0.15, 0.2) is 11.5 Å². The van der Waals surface area contributed by atoms with Crippen molar-refractivity contribution in [1.29, 1.82) is 0 Å². The van der Waals surface area contributed by atoms with E-state index in [1.54, 1.807) is 32.4 Å². The lowest BCUT2D eigenvalue weighted by molar-refractivity contribution is -0.121. The number of urea groups is 1. The highest BCUT2D eigenvalue weighted by Crippen LogP contribution is 2.34. The van der Waals surface area contributed by atoms with Crippen molar-refractivity contribution in [3.63, 3.8) is 0 Å². The number of nitrogens with one attached hydrogen (secondary N) is 2. The van der Waals surface area contributed by atoms with Crippen LogP contribution in [0.25, 0.3) is 0 Å². The minimum atomic E-state index is -0.609. The predicted octanol–water partition coefficient (Wildman–Crippen LogP) is 0.658. The molecular formula is C16H23N3O6. The molecule has 0 saturated carbocycles. The third-order valence-electron chi connectivity index (χ3n) is 3.47. The Balaban J connectivity index is 1.80. The van der Waals surface area contributed by atoms with E-state index >= 15 is 0 Å². The van der Waals surface area contributed by atoms with E-state index in [1.165, 1.54) is 0 Å². The van der Waals surface area contributed by atoms with Crippen molar-refractivity contribution in [2.24, 2.45) is 0 Å². The van der Waals surface area contributed by atoms with Crippen molar-refractivity contribution < 1.29 is 28.5 Å². The molecule has 0 spiro atoms. The summed E-state index contributed by atoms with van der Waals surface area (Å²) in [5.74, 6) is 0.758. The van der Waals surface area contributed by atoms with Crippen molar-refractivity contribution in [2.45, 2.75) is 0 Å². The first-order chi connectivity index (χ1) is 12.1. The molecule has 9 nitrogen and oxygen atoms in total. The fraction of sp³-hybridized carbons (Fsp3) is 0.500. The maximum absolute atomic E-state index is 12.0. The van der Waals surface area contributed by atoms with Crippen LogP contribution in [0.15, 0.2) is 18.2 Å². The van der Waals surface area contributed by atoms with Crippen molar-refractivity contribution >= 4 is 17.6 Å². The first kappa shape index (κ1) is 19.0. The minimum absolute atomic E-state index is 0.0707. The molecule has 1 heterocycles. The number of benzene rings is 1. The monoisotopic (exact) mass is 353 g/mol. The molecule has 0 fully saturated rings. The van der Waals surface area contributed by atoms with Gasteiger partial charge in [-0.05, 0) is 12.1 Å². The van der Waals surface area contributed by atoms with Crippen LogP contribution in [0.4, 0.5) is 10.5 Å². The first-order valence-electron chi connectivity index (χ1n) is 7.83. The number of nitrogens with zero attached hydrogens (tertiary/aromatic N) is 1.